The molecule has 0 spiro atoms. The lowest BCUT2D eigenvalue weighted by atomic mass is 9.61. The fourth-order valence-electron chi connectivity index (χ4n) is 4.26. The van der Waals surface area contributed by atoms with Crippen LogP contribution in [-0.2, 0) is 10.3 Å². The highest BCUT2D eigenvalue weighted by molar-refractivity contribution is 6.31. The van der Waals surface area contributed by atoms with Crippen LogP contribution in [0.4, 0.5) is 0 Å². The van der Waals surface area contributed by atoms with E-state index in [9.17, 15) is 0 Å². The van der Waals surface area contributed by atoms with Crippen LogP contribution in [0.25, 0.3) is 0 Å². The van der Waals surface area contributed by atoms with Crippen molar-refractivity contribution in [2.45, 2.75) is 24.4 Å². The van der Waals surface area contributed by atoms with Gasteiger partial charge in [0.2, 0.25) is 0 Å². The van der Waals surface area contributed by atoms with Gasteiger partial charge in [0.05, 0.1) is 6.61 Å². The fraction of sp³-hybridized carbons (Fsp3) is 0.400. The Labute approximate surface area is 143 Å². The van der Waals surface area contributed by atoms with Crippen molar-refractivity contribution in [2.75, 3.05) is 27.2 Å². The SMILES string of the molecule is CN(C)CCOC12CCC(c3ccccc31)c1c(Cl)cccc12. The van der Waals surface area contributed by atoms with Gasteiger partial charge in [-0.2, -0.15) is 0 Å². The van der Waals surface area contributed by atoms with Gasteiger partial charge in [-0.1, -0.05) is 48.0 Å². The van der Waals surface area contributed by atoms with Crippen molar-refractivity contribution in [3.05, 3.63) is 69.7 Å². The fourth-order valence-corrected chi connectivity index (χ4v) is 4.57. The average molecular weight is 328 g/mol. The Morgan fingerprint density at radius 3 is 2.74 bits per heavy atom. The molecule has 3 aliphatic rings. The van der Waals surface area contributed by atoms with Crippen LogP contribution in [0.1, 0.15) is 41.0 Å². The molecule has 0 heterocycles. The molecule has 2 aromatic carbocycles. The van der Waals surface area contributed by atoms with Gasteiger partial charge in [0.15, 0.2) is 0 Å². The normalized spacial score (nSPS) is 24.6. The lowest BCUT2D eigenvalue weighted by Gasteiger charge is -2.49. The van der Waals surface area contributed by atoms with Gasteiger partial charge in [-0.15, -0.1) is 0 Å². The Morgan fingerprint density at radius 2 is 1.91 bits per heavy atom. The molecule has 3 aliphatic carbocycles. The zero-order valence-corrected chi connectivity index (χ0v) is 14.4. The number of hydrogen-bond acceptors (Lipinski definition) is 2. The van der Waals surface area contributed by atoms with Gasteiger partial charge in [0.25, 0.3) is 0 Å². The minimum atomic E-state index is -0.332. The third kappa shape index (κ3) is 2.24. The molecule has 0 aromatic heterocycles. The summed E-state index contributed by atoms with van der Waals surface area (Å²) in [5, 5.41) is 0.877. The van der Waals surface area contributed by atoms with E-state index in [1.165, 1.54) is 22.3 Å². The minimum Gasteiger partial charge on any atom is -0.364 e. The first kappa shape index (κ1) is 15.2. The summed E-state index contributed by atoms with van der Waals surface area (Å²) < 4.78 is 6.58. The van der Waals surface area contributed by atoms with Gasteiger partial charge in [-0.05, 0) is 55.3 Å². The Bertz CT molecular complexity index is 742. The van der Waals surface area contributed by atoms with Crippen molar-refractivity contribution >= 4 is 11.6 Å². The van der Waals surface area contributed by atoms with Crippen LogP contribution in [0.2, 0.25) is 5.02 Å². The first-order valence-corrected chi connectivity index (χ1v) is 8.68. The summed E-state index contributed by atoms with van der Waals surface area (Å²) >= 11 is 6.59. The van der Waals surface area contributed by atoms with Crippen LogP contribution in [0.3, 0.4) is 0 Å². The van der Waals surface area contributed by atoms with Crippen molar-refractivity contribution in [1.29, 1.82) is 0 Å². The van der Waals surface area contributed by atoms with E-state index in [0.717, 1.165) is 31.0 Å². The molecule has 2 aromatic rings. The van der Waals surface area contributed by atoms with Crippen molar-refractivity contribution in [3.8, 4) is 0 Å². The smallest absolute Gasteiger partial charge is 0.119 e. The van der Waals surface area contributed by atoms with Gasteiger partial charge in [0, 0.05) is 17.5 Å². The summed E-state index contributed by atoms with van der Waals surface area (Å²) in [5.74, 6) is 0.411. The number of halogens is 1. The molecule has 5 rings (SSSR count). The highest BCUT2D eigenvalue weighted by atomic mass is 35.5. The summed E-state index contributed by atoms with van der Waals surface area (Å²) in [6.07, 6.45) is 2.14. The first-order valence-electron chi connectivity index (χ1n) is 8.30. The van der Waals surface area contributed by atoms with E-state index in [4.69, 9.17) is 16.3 Å². The predicted octanol–water partition coefficient (Wildman–Crippen LogP) is 4.40. The second-order valence-corrected chi connectivity index (χ2v) is 7.27. The Balaban J connectivity index is 1.86. The Hall–Kier alpha value is -1.35. The Morgan fingerprint density at radius 1 is 1.13 bits per heavy atom. The zero-order valence-electron chi connectivity index (χ0n) is 13.7. The quantitative estimate of drug-likeness (QED) is 0.825. The molecule has 0 amide bonds. The highest BCUT2D eigenvalue weighted by Crippen LogP contribution is 2.58. The van der Waals surface area contributed by atoms with E-state index in [1.807, 2.05) is 6.07 Å². The molecule has 0 saturated carbocycles. The number of nitrogens with zero attached hydrogens (tertiary/aromatic N) is 1. The van der Waals surface area contributed by atoms with Crippen molar-refractivity contribution in [1.82, 2.24) is 4.90 Å². The van der Waals surface area contributed by atoms with Gasteiger partial charge < -0.3 is 9.64 Å². The van der Waals surface area contributed by atoms with Crippen LogP contribution in [0, 0.1) is 0 Å². The summed E-state index contributed by atoms with van der Waals surface area (Å²) in [7, 11) is 4.16. The molecular formula is C20H22ClNO. The predicted molar refractivity (Wildman–Crippen MR) is 94.3 cm³/mol. The van der Waals surface area contributed by atoms with Crippen LogP contribution >= 0.6 is 11.6 Å². The summed E-state index contributed by atoms with van der Waals surface area (Å²) in [6, 6.07) is 15.0. The summed E-state index contributed by atoms with van der Waals surface area (Å²) in [6.45, 7) is 1.64. The molecule has 120 valence electrons. The first-order chi connectivity index (χ1) is 11.1. The molecule has 3 heteroatoms. The van der Waals surface area contributed by atoms with Crippen LogP contribution < -0.4 is 0 Å². The van der Waals surface area contributed by atoms with Gasteiger partial charge >= 0.3 is 0 Å². The largest absolute Gasteiger partial charge is 0.364 e. The topological polar surface area (TPSA) is 12.5 Å². The van der Waals surface area contributed by atoms with Gasteiger partial charge in [0.1, 0.15) is 5.60 Å². The number of hydrogen-bond donors (Lipinski definition) is 0. The van der Waals surface area contributed by atoms with Crippen molar-refractivity contribution in [2.24, 2.45) is 0 Å². The second-order valence-electron chi connectivity index (χ2n) is 6.86. The average Bonchev–Trinajstić information content (AvgIpc) is 2.56. The lowest BCUT2D eigenvalue weighted by molar-refractivity contribution is -0.0436. The van der Waals surface area contributed by atoms with E-state index in [-0.39, 0.29) is 5.60 Å². The molecule has 23 heavy (non-hydrogen) atoms. The van der Waals surface area contributed by atoms with E-state index >= 15 is 0 Å². The second kappa shape index (κ2) is 5.62. The third-order valence-corrected chi connectivity index (χ3v) is 5.61. The highest BCUT2D eigenvalue weighted by Gasteiger charge is 2.49. The molecule has 2 bridgehead atoms. The monoisotopic (exact) mass is 327 g/mol. The van der Waals surface area contributed by atoms with E-state index in [2.05, 4.69) is 55.4 Å². The number of ether oxygens (including phenoxy) is 1. The minimum absolute atomic E-state index is 0.332. The molecule has 2 unspecified atom stereocenters. The number of likely N-dealkylation sites (N-methyl/N-ethyl adjacent to an activating group) is 1. The summed E-state index contributed by atoms with van der Waals surface area (Å²) in [5.41, 5.74) is 4.96. The maximum absolute atomic E-state index is 6.59. The van der Waals surface area contributed by atoms with Gasteiger partial charge in [-0.3, -0.25) is 0 Å². The van der Waals surface area contributed by atoms with Crippen molar-refractivity contribution in [3.63, 3.8) is 0 Å². The van der Waals surface area contributed by atoms with Gasteiger partial charge in [-0.25, -0.2) is 0 Å². The van der Waals surface area contributed by atoms with E-state index in [0.29, 0.717) is 5.92 Å². The van der Waals surface area contributed by atoms with Crippen LogP contribution in [0.15, 0.2) is 42.5 Å². The third-order valence-electron chi connectivity index (χ3n) is 5.28. The van der Waals surface area contributed by atoms with E-state index in [1.54, 1.807) is 0 Å². The molecule has 0 fully saturated rings. The molecule has 2 atom stereocenters. The molecular weight excluding hydrogens is 306 g/mol. The molecule has 2 nitrogen and oxygen atoms in total. The number of fused-ring (bicyclic) bond motifs is 1. The molecule has 0 N–H and O–H groups in total. The van der Waals surface area contributed by atoms with Crippen LogP contribution in [-0.4, -0.2) is 32.1 Å². The van der Waals surface area contributed by atoms with Crippen LogP contribution in [0.5, 0.6) is 0 Å². The number of rotatable bonds is 4. The number of benzene rings is 2. The maximum atomic E-state index is 6.59. The summed E-state index contributed by atoms with van der Waals surface area (Å²) in [4.78, 5) is 2.16. The standard InChI is InChI=1S/C20H22ClNO/c1-22(2)12-13-23-20-11-10-15(14-6-3-4-7-16(14)20)19-17(20)8-5-9-18(19)21/h3-9,15H,10-13H2,1-2H3. The maximum Gasteiger partial charge on any atom is 0.119 e. The van der Waals surface area contributed by atoms with Crippen molar-refractivity contribution < 1.29 is 4.74 Å². The lowest BCUT2D eigenvalue weighted by Crippen LogP contribution is -2.43. The Kier molecular flexibility index (Phi) is 3.72. The zero-order chi connectivity index (χ0) is 16.0. The molecule has 0 radical (unpaired) electrons. The molecule has 0 saturated heterocycles. The molecule has 0 aliphatic heterocycles. The van der Waals surface area contributed by atoms with E-state index < -0.39 is 0 Å².